The first-order valence-electron chi connectivity index (χ1n) is 4.58. The highest BCUT2D eigenvalue weighted by atomic mass is 15.2. The van der Waals surface area contributed by atoms with Gasteiger partial charge < -0.3 is 10.6 Å². The van der Waals surface area contributed by atoms with Crippen molar-refractivity contribution < 1.29 is 0 Å². The van der Waals surface area contributed by atoms with Gasteiger partial charge in [0.15, 0.2) is 0 Å². The van der Waals surface area contributed by atoms with Gasteiger partial charge in [0.05, 0.1) is 5.84 Å². The number of nitrogens with one attached hydrogen (secondary N) is 1. The number of pyridine rings is 1. The van der Waals surface area contributed by atoms with Crippen LogP contribution in [0.1, 0.15) is 13.3 Å². The molecule has 1 aromatic rings. The molecule has 1 unspecified atom stereocenters. The Bertz CT molecular complexity index is 296. The normalized spacial score (nSPS) is 12.1. The third kappa shape index (κ3) is 2.73. The molecule has 0 aromatic carbocycles. The van der Waals surface area contributed by atoms with E-state index in [1.165, 1.54) is 0 Å². The highest BCUT2D eigenvalue weighted by molar-refractivity contribution is 5.77. The smallest absolute Gasteiger partial charge is 0.128 e. The highest BCUT2D eigenvalue weighted by Crippen LogP contribution is 2.11. The molecule has 0 aliphatic heterocycles. The van der Waals surface area contributed by atoms with Gasteiger partial charge in [0.1, 0.15) is 5.82 Å². The topological polar surface area (TPSA) is 66.0 Å². The summed E-state index contributed by atoms with van der Waals surface area (Å²) in [6.07, 6.45) is 2.32. The summed E-state index contributed by atoms with van der Waals surface area (Å²) >= 11 is 0. The predicted octanol–water partition coefficient (Wildman–Crippen LogP) is 1.23. The molecule has 0 bridgehead atoms. The average molecular weight is 192 g/mol. The Balaban J connectivity index is 2.65. The monoisotopic (exact) mass is 192 g/mol. The van der Waals surface area contributed by atoms with Crippen molar-refractivity contribution in [2.45, 2.75) is 19.4 Å². The van der Waals surface area contributed by atoms with Crippen LogP contribution in [-0.2, 0) is 0 Å². The van der Waals surface area contributed by atoms with Crippen LogP contribution in [-0.4, -0.2) is 23.9 Å². The van der Waals surface area contributed by atoms with Crippen molar-refractivity contribution in [2.75, 3.05) is 11.9 Å². The summed E-state index contributed by atoms with van der Waals surface area (Å²) in [5.41, 5.74) is 5.35. The first-order chi connectivity index (χ1) is 6.61. The lowest BCUT2D eigenvalue weighted by Crippen LogP contribution is -2.33. The molecule has 0 spiro atoms. The molecule has 0 fully saturated rings. The quantitative estimate of drug-likeness (QED) is 0.557. The van der Waals surface area contributed by atoms with Crippen LogP contribution in [0.3, 0.4) is 0 Å². The van der Waals surface area contributed by atoms with Crippen molar-refractivity contribution >= 4 is 11.7 Å². The van der Waals surface area contributed by atoms with Crippen molar-refractivity contribution in [3.8, 4) is 0 Å². The molecule has 76 valence electrons. The maximum absolute atomic E-state index is 7.21. The van der Waals surface area contributed by atoms with Crippen molar-refractivity contribution in [2.24, 2.45) is 5.73 Å². The Hall–Kier alpha value is -1.58. The SMILES string of the molecule is CC(CC(=N)N)N(C)c1ccccn1. The number of amidine groups is 1. The van der Waals surface area contributed by atoms with E-state index in [1.54, 1.807) is 6.20 Å². The summed E-state index contributed by atoms with van der Waals surface area (Å²) < 4.78 is 0. The minimum Gasteiger partial charge on any atom is -0.388 e. The van der Waals surface area contributed by atoms with Gasteiger partial charge >= 0.3 is 0 Å². The number of hydrogen-bond acceptors (Lipinski definition) is 3. The molecule has 1 atom stereocenters. The second-order valence-electron chi connectivity index (χ2n) is 3.38. The second-order valence-corrected chi connectivity index (χ2v) is 3.38. The van der Waals surface area contributed by atoms with E-state index in [0.29, 0.717) is 6.42 Å². The number of rotatable bonds is 4. The minimum absolute atomic E-state index is 0.197. The van der Waals surface area contributed by atoms with Gasteiger partial charge in [-0.1, -0.05) is 6.07 Å². The second kappa shape index (κ2) is 4.60. The summed E-state index contributed by atoms with van der Waals surface area (Å²) in [5, 5.41) is 7.21. The Labute approximate surface area is 84.3 Å². The zero-order chi connectivity index (χ0) is 10.6. The molecular weight excluding hydrogens is 176 g/mol. The van der Waals surface area contributed by atoms with E-state index < -0.39 is 0 Å². The first-order valence-corrected chi connectivity index (χ1v) is 4.58. The molecule has 4 heteroatoms. The average Bonchev–Trinajstić information content (AvgIpc) is 2.17. The Morgan fingerprint density at radius 2 is 2.36 bits per heavy atom. The van der Waals surface area contributed by atoms with E-state index in [1.807, 2.05) is 37.1 Å². The van der Waals surface area contributed by atoms with Gasteiger partial charge in [0.2, 0.25) is 0 Å². The van der Waals surface area contributed by atoms with Gasteiger partial charge in [-0.05, 0) is 19.1 Å². The number of hydrogen-bond donors (Lipinski definition) is 2. The van der Waals surface area contributed by atoms with Crippen LogP contribution in [0, 0.1) is 5.41 Å². The van der Waals surface area contributed by atoms with Crippen LogP contribution < -0.4 is 10.6 Å². The third-order valence-electron chi connectivity index (χ3n) is 2.19. The lowest BCUT2D eigenvalue weighted by Gasteiger charge is -2.25. The van der Waals surface area contributed by atoms with Crippen molar-refractivity contribution in [3.05, 3.63) is 24.4 Å². The highest BCUT2D eigenvalue weighted by Gasteiger charge is 2.11. The molecule has 4 nitrogen and oxygen atoms in total. The standard InChI is InChI=1S/C10H16N4/c1-8(7-9(11)12)14(2)10-5-3-4-6-13-10/h3-6,8H,7H2,1-2H3,(H3,11,12). The van der Waals surface area contributed by atoms with Crippen LogP contribution in [0.2, 0.25) is 0 Å². The fraction of sp³-hybridized carbons (Fsp3) is 0.400. The van der Waals surface area contributed by atoms with E-state index in [-0.39, 0.29) is 11.9 Å². The summed E-state index contributed by atoms with van der Waals surface area (Å²) in [6.45, 7) is 2.02. The summed E-state index contributed by atoms with van der Waals surface area (Å²) in [7, 11) is 1.95. The van der Waals surface area contributed by atoms with Gasteiger partial charge in [0, 0.05) is 25.7 Å². The lowest BCUT2D eigenvalue weighted by molar-refractivity contribution is 0.700. The van der Waals surface area contributed by atoms with Gasteiger partial charge in [0.25, 0.3) is 0 Å². The number of aromatic nitrogens is 1. The van der Waals surface area contributed by atoms with Gasteiger partial charge in [-0.2, -0.15) is 0 Å². The molecule has 3 N–H and O–H groups in total. The zero-order valence-electron chi connectivity index (χ0n) is 8.57. The van der Waals surface area contributed by atoms with Crippen LogP contribution in [0.15, 0.2) is 24.4 Å². The first kappa shape index (κ1) is 10.5. The van der Waals surface area contributed by atoms with Crippen molar-refractivity contribution in [3.63, 3.8) is 0 Å². The number of anilines is 1. The van der Waals surface area contributed by atoms with E-state index >= 15 is 0 Å². The van der Waals surface area contributed by atoms with Crippen molar-refractivity contribution in [1.29, 1.82) is 5.41 Å². The van der Waals surface area contributed by atoms with Gasteiger partial charge in [-0.15, -0.1) is 0 Å². The van der Waals surface area contributed by atoms with Gasteiger partial charge in [-0.25, -0.2) is 4.98 Å². The lowest BCUT2D eigenvalue weighted by atomic mass is 10.2. The molecule has 0 aliphatic carbocycles. The Morgan fingerprint density at radius 3 is 2.86 bits per heavy atom. The van der Waals surface area contributed by atoms with E-state index in [4.69, 9.17) is 11.1 Å². The zero-order valence-corrected chi connectivity index (χ0v) is 8.57. The van der Waals surface area contributed by atoms with Crippen LogP contribution in [0.5, 0.6) is 0 Å². The molecule has 0 saturated heterocycles. The molecular formula is C10H16N4. The van der Waals surface area contributed by atoms with E-state index in [2.05, 4.69) is 4.98 Å². The summed E-state index contributed by atoms with van der Waals surface area (Å²) in [5.74, 6) is 1.11. The maximum Gasteiger partial charge on any atom is 0.128 e. The molecule has 1 rings (SSSR count). The largest absolute Gasteiger partial charge is 0.388 e. The molecule has 0 saturated carbocycles. The number of nitrogens with two attached hydrogens (primary N) is 1. The van der Waals surface area contributed by atoms with E-state index in [0.717, 1.165) is 5.82 Å². The fourth-order valence-corrected chi connectivity index (χ4v) is 1.24. The maximum atomic E-state index is 7.21. The summed E-state index contributed by atoms with van der Waals surface area (Å²) in [4.78, 5) is 6.24. The Morgan fingerprint density at radius 1 is 1.64 bits per heavy atom. The van der Waals surface area contributed by atoms with Crippen LogP contribution in [0.4, 0.5) is 5.82 Å². The molecule has 0 aliphatic rings. The minimum atomic E-state index is 0.197. The fourth-order valence-electron chi connectivity index (χ4n) is 1.24. The summed E-state index contributed by atoms with van der Waals surface area (Å²) in [6, 6.07) is 5.96. The third-order valence-corrected chi connectivity index (χ3v) is 2.19. The van der Waals surface area contributed by atoms with Crippen molar-refractivity contribution in [1.82, 2.24) is 4.98 Å². The molecule has 0 amide bonds. The molecule has 14 heavy (non-hydrogen) atoms. The molecule has 1 aromatic heterocycles. The van der Waals surface area contributed by atoms with E-state index in [9.17, 15) is 0 Å². The van der Waals surface area contributed by atoms with Gasteiger partial charge in [-0.3, -0.25) is 5.41 Å². The Kier molecular flexibility index (Phi) is 3.45. The predicted molar refractivity (Wildman–Crippen MR) is 58.6 cm³/mol. The molecule has 0 radical (unpaired) electrons. The number of nitrogens with zero attached hydrogens (tertiary/aromatic N) is 2. The van der Waals surface area contributed by atoms with Crippen LogP contribution in [0.25, 0.3) is 0 Å². The van der Waals surface area contributed by atoms with Crippen LogP contribution >= 0.6 is 0 Å². The molecule has 1 heterocycles.